The first kappa shape index (κ1) is 20.6. The van der Waals surface area contributed by atoms with Crippen molar-refractivity contribution in [1.29, 1.82) is 0 Å². The van der Waals surface area contributed by atoms with Crippen LogP contribution in [0.2, 0.25) is 0 Å². The molecule has 1 unspecified atom stereocenters. The average Bonchev–Trinajstić information content (AvgIpc) is 2.42. The van der Waals surface area contributed by atoms with Crippen molar-refractivity contribution >= 4 is 44.6 Å². The second-order valence-corrected chi connectivity index (χ2v) is 7.46. The summed E-state index contributed by atoms with van der Waals surface area (Å²) in [6.07, 6.45) is 0. The molecule has 0 aliphatic rings. The van der Waals surface area contributed by atoms with Gasteiger partial charge >= 0.3 is 27.3 Å². The molecule has 0 radical (unpaired) electrons. The predicted octanol–water partition coefficient (Wildman–Crippen LogP) is 2.08. The van der Waals surface area contributed by atoms with Crippen molar-refractivity contribution in [2.24, 2.45) is 0 Å². The summed E-state index contributed by atoms with van der Waals surface area (Å²) in [4.78, 5) is 22.3. The van der Waals surface area contributed by atoms with Crippen LogP contribution in [0.25, 0.3) is 0 Å². The largest absolute Gasteiger partial charge is 0.466 e. The zero-order valence-corrected chi connectivity index (χ0v) is 14.4. The summed E-state index contributed by atoms with van der Waals surface area (Å²) in [6, 6.07) is 0.328. The van der Waals surface area contributed by atoms with Crippen molar-refractivity contribution in [3.8, 4) is 11.5 Å². The van der Waals surface area contributed by atoms with Crippen molar-refractivity contribution in [2.45, 2.75) is 16.1 Å². The van der Waals surface area contributed by atoms with Crippen LogP contribution in [0, 0.1) is 11.6 Å². The van der Waals surface area contributed by atoms with E-state index in [4.69, 9.17) is 4.55 Å². The van der Waals surface area contributed by atoms with Crippen LogP contribution in [0.3, 0.4) is 0 Å². The lowest BCUT2D eigenvalue weighted by atomic mass is 10.3. The van der Waals surface area contributed by atoms with E-state index >= 15 is 0 Å². The number of carbonyl (C=O) groups excluding carboxylic acids is 2. The van der Waals surface area contributed by atoms with E-state index in [0.29, 0.717) is 0 Å². The first-order valence-electron chi connectivity index (χ1n) is 5.69. The van der Waals surface area contributed by atoms with Gasteiger partial charge in [0.15, 0.2) is 23.1 Å². The minimum Gasteiger partial charge on any atom is -0.422 e. The summed E-state index contributed by atoms with van der Waals surface area (Å²) in [7, 11) is -6.17. The van der Waals surface area contributed by atoms with Gasteiger partial charge in [0.05, 0.1) is 0 Å². The standard InChI is InChI=1S/C11H7F4IO7S/c1-4(16)9(17)22-7-2-6(13)8(3-5(7)12)23-10(18)11(14,15)24(19,20)21/h2-4H,1H3,(H,19,20,21). The van der Waals surface area contributed by atoms with Gasteiger partial charge in [0.2, 0.25) is 0 Å². The van der Waals surface area contributed by atoms with Gasteiger partial charge in [0, 0.05) is 12.1 Å². The third kappa shape index (κ3) is 4.54. The number of carbonyl (C=O) groups is 2. The van der Waals surface area contributed by atoms with Crippen molar-refractivity contribution in [3.63, 3.8) is 0 Å². The lowest BCUT2D eigenvalue weighted by Gasteiger charge is -2.13. The van der Waals surface area contributed by atoms with Gasteiger partial charge in [0.25, 0.3) is 0 Å². The molecule has 1 N–H and O–H groups in total. The Balaban J connectivity index is 3.10. The van der Waals surface area contributed by atoms with E-state index in [1.807, 2.05) is 0 Å². The number of ether oxygens (including phenoxy) is 2. The summed E-state index contributed by atoms with van der Waals surface area (Å²) < 4.78 is 89.7. The minimum atomic E-state index is -6.17. The molecule has 0 saturated carbocycles. The van der Waals surface area contributed by atoms with Gasteiger partial charge in [-0.3, -0.25) is 9.35 Å². The first-order chi connectivity index (χ1) is 10.8. The molecule has 0 saturated heterocycles. The first-order valence-corrected chi connectivity index (χ1v) is 8.38. The van der Waals surface area contributed by atoms with E-state index in [1.165, 1.54) is 6.92 Å². The molecule has 1 aromatic rings. The van der Waals surface area contributed by atoms with Gasteiger partial charge < -0.3 is 9.47 Å². The summed E-state index contributed by atoms with van der Waals surface area (Å²) in [5.41, 5.74) is 0. The molecule has 24 heavy (non-hydrogen) atoms. The molecule has 1 aromatic carbocycles. The fourth-order valence-corrected chi connectivity index (χ4v) is 1.50. The quantitative estimate of drug-likeness (QED) is 0.170. The molecular weight excluding hydrogens is 479 g/mol. The highest BCUT2D eigenvalue weighted by Crippen LogP contribution is 2.30. The van der Waals surface area contributed by atoms with Gasteiger partial charge in [-0.2, -0.15) is 17.2 Å². The lowest BCUT2D eigenvalue weighted by Crippen LogP contribution is -2.40. The van der Waals surface area contributed by atoms with Crippen LogP contribution >= 0.6 is 22.6 Å². The van der Waals surface area contributed by atoms with Crippen LogP contribution in [0.1, 0.15) is 6.92 Å². The van der Waals surface area contributed by atoms with Crippen molar-refractivity contribution < 1.29 is 49.6 Å². The zero-order valence-electron chi connectivity index (χ0n) is 11.4. The molecule has 0 aliphatic carbocycles. The van der Waals surface area contributed by atoms with Gasteiger partial charge in [-0.05, 0) is 6.92 Å². The van der Waals surface area contributed by atoms with Crippen molar-refractivity contribution in [1.82, 2.24) is 0 Å². The molecule has 0 spiro atoms. The van der Waals surface area contributed by atoms with Crippen LogP contribution < -0.4 is 9.47 Å². The highest BCUT2D eigenvalue weighted by atomic mass is 127. The Bertz CT molecular complexity index is 779. The number of hydrogen-bond acceptors (Lipinski definition) is 6. The fourth-order valence-electron chi connectivity index (χ4n) is 1.12. The Labute approximate surface area is 145 Å². The molecule has 1 atom stereocenters. The van der Waals surface area contributed by atoms with Crippen molar-refractivity contribution in [3.05, 3.63) is 23.8 Å². The van der Waals surface area contributed by atoms with Crippen LogP contribution in [0.15, 0.2) is 12.1 Å². The number of halogens is 5. The monoisotopic (exact) mass is 486 g/mol. The minimum absolute atomic E-state index is 0.0910. The lowest BCUT2D eigenvalue weighted by molar-refractivity contribution is -0.151. The summed E-state index contributed by atoms with van der Waals surface area (Å²) >= 11 is 1.63. The third-order valence-electron chi connectivity index (χ3n) is 2.29. The summed E-state index contributed by atoms with van der Waals surface area (Å²) in [5, 5.41) is -5.39. The Kier molecular flexibility index (Phi) is 6.15. The van der Waals surface area contributed by atoms with Gasteiger partial charge in [-0.15, -0.1) is 0 Å². The molecular formula is C11H7F4IO7S. The SMILES string of the molecule is CC(I)C(=O)Oc1cc(F)c(OC(=O)C(F)(F)S(=O)(=O)O)cc1F. The highest BCUT2D eigenvalue weighted by Gasteiger charge is 2.54. The van der Waals surface area contributed by atoms with Gasteiger partial charge in [-0.25, -0.2) is 13.6 Å². The maximum absolute atomic E-state index is 13.6. The molecule has 0 amide bonds. The predicted molar refractivity (Wildman–Crippen MR) is 77.6 cm³/mol. The fraction of sp³-hybridized carbons (Fsp3) is 0.273. The molecule has 0 aromatic heterocycles. The second kappa shape index (κ2) is 7.18. The summed E-state index contributed by atoms with van der Waals surface area (Å²) in [5.74, 6) is -9.13. The number of esters is 2. The normalized spacial score (nSPS) is 13.3. The van der Waals surface area contributed by atoms with Crippen LogP contribution in [0.5, 0.6) is 11.5 Å². The smallest absolute Gasteiger partial charge is 0.422 e. The topological polar surface area (TPSA) is 107 Å². The molecule has 0 bridgehead atoms. The van der Waals surface area contributed by atoms with E-state index in [2.05, 4.69) is 9.47 Å². The van der Waals surface area contributed by atoms with Crippen LogP contribution in [0.4, 0.5) is 17.6 Å². The number of benzene rings is 1. The molecule has 13 heteroatoms. The summed E-state index contributed by atoms with van der Waals surface area (Å²) in [6.45, 7) is 1.39. The third-order valence-corrected chi connectivity index (χ3v) is 3.61. The van der Waals surface area contributed by atoms with E-state index < -0.39 is 54.4 Å². The molecule has 0 fully saturated rings. The van der Waals surface area contributed by atoms with Crippen LogP contribution in [-0.4, -0.2) is 34.1 Å². The molecule has 7 nitrogen and oxygen atoms in total. The number of rotatable bonds is 5. The second-order valence-electron chi connectivity index (χ2n) is 4.13. The molecule has 1 rings (SSSR count). The van der Waals surface area contributed by atoms with E-state index in [9.17, 15) is 35.6 Å². The zero-order chi connectivity index (χ0) is 18.9. The number of hydrogen-bond donors (Lipinski definition) is 1. The van der Waals surface area contributed by atoms with E-state index in [1.54, 1.807) is 22.6 Å². The maximum atomic E-state index is 13.6. The van der Waals surface area contributed by atoms with Crippen LogP contribution in [-0.2, 0) is 19.7 Å². The molecule has 0 aliphatic heterocycles. The van der Waals surface area contributed by atoms with E-state index in [0.717, 1.165) is 0 Å². The van der Waals surface area contributed by atoms with Gasteiger partial charge in [0.1, 0.15) is 3.92 Å². The van der Waals surface area contributed by atoms with Crippen molar-refractivity contribution in [2.75, 3.05) is 0 Å². The Morgan fingerprint density at radius 1 is 1.17 bits per heavy atom. The molecule has 134 valence electrons. The van der Waals surface area contributed by atoms with E-state index in [-0.39, 0.29) is 12.1 Å². The Morgan fingerprint density at radius 3 is 1.96 bits per heavy atom. The highest BCUT2D eigenvalue weighted by molar-refractivity contribution is 14.1. The maximum Gasteiger partial charge on any atom is 0.466 e. The Hall–Kier alpha value is -1.48. The average molecular weight is 486 g/mol. The van der Waals surface area contributed by atoms with Gasteiger partial charge in [-0.1, -0.05) is 22.6 Å². The number of alkyl halides is 3. The Morgan fingerprint density at radius 2 is 1.58 bits per heavy atom. The molecule has 0 heterocycles.